The predicted octanol–water partition coefficient (Wildman–Crippen LogP) is 2.52. The largest absolute Gasteiger partial charge is 0.347 e. The fourth-order valence-corrected chi connectivity index (χ4v) is 2.16. The van der Waals surface area contributed by atoms with E-state index in [-0.39, 0.29) is 11.9 Å². The molecule has 1 amide bonds. The number of benzene rings is 1. The van der Waals surface area contributed by atoms with E-state index in [0.717, 1.165) is 6.54 Å². The van der Waals surface area contributed by atoms with Gasteiger partial charge in [-0.3, -0.25) is 9.69 Å². The molecule has 0 saturated carbocycles. The van der Waals surface area contributed by atoms with Crippen molar-refractivity contribution in [2.75, 3.05) is 21.1 Å². The fraction of sp³-hybridized carbons (Fsp3) is 0.562. The molecule has 1 aromatic rings. The van der Waals surface area contributed by atoms with Crippen LogP contribution in [0.3, 0.4) is 0 Å². The Hall–Kier alpha value is -1.35. The number of hydrogen-bond acceptors (Lipinski definition) is 2. The number of nitrogens with zero attached hydrogens (tertiary/aromatic N) is 2. The van der Waals surface area contributed by atoms with Gasteiger partial charge in [-0.1, -0.05) is 12.1 Å². The number of carbonyl (C=O) groups excluding carboxylic acids is 1. The molecule has 3 heteroatoms. The van der Waals surface area contributed by atoms with E-state index in [1.807, 2.05) is 14.0 Å². The van der Waals surface area contributed by atoms with Gasteiger partial charge in [0, 0.05) is 20.6 Å². The Balaban J connectivity index is 2.85. The van der Waals surface area contributed by atoms with Crippen molar-refractivity contribution in [1.82, 2.24) is 9.80 Å². The van der Waals surface area contributed by atoms with Crippen molar-refractivity contribution in [2.45, 2.75) is 40.3 Å². The zero-order chi connectivity index (χ0) is 14.7. The third-order valence-electron chi connectivity index (χ3n) is 3.83. The fourth-order valence-electron chi connectivity index (χ4n) is 2.16. The summed E-state index contributed by atoms with van der Waals surface area (Å²) in [6.07, 6.45) is 0. The summed E-state index contributed by atoms with van der Waals surface area (Å²) >= 11 is 0. The van der Waals surface area contributed by atoms with E-state index in [4.69, 9.17) is 0 Å². The summed E-state index contributed by atoms with van der Waals surface area (Å²) in [7, 11) is 5.60. The Morgan fingerprint density at radius 3 is 2.11 bits per heavy atom. The summed E-state index contributed by atoms with van der Waals surface area (Å²) in [6.45, 7) is 9.15. The zero-order valence-electron chi connectivity index (χ0n) is 13.2. The molecule has 0 N–H and O–H groups in total. The van der Waals surface area contributed by atoms with E-state index in [9.17, 15) is 4.79 Å². The van der Waals surface area contributed by atoms with E-state index >= 15 is 0 Å². The molecule has 0 aliphatic carbocycles. The minimum absolute atomic E-state index is 0.101. The summed E-state index contributed by atoms with van der Waals surface area (Å²) in [4.78, 5) is 15.7. The molecule has 0 aliphatic rings. The van der Waals surface area contributed by atoms with Gasteiger partial charge in [0.05, 0.1) is 6.04 Å². The number of carbonyl (C=O) groups is 1. The molecule has 0 aromatic heterocycles. The highest BCUT2D eigenvalue weighted by Gasteiger charge is 2.20. The third kappa shape index (κ3) is 3.80. The average Bonchev–Trinajstić information content (AvgIpc) is 2.33. The molecule has 1 aromatic carbocycles. The van der Waals surface area contributed by atoms with Crippen LogP contribution in [0.4, 0.5) is 0 Å². The van der Waals surface area contributed by atoms with Crippen molar-refractivity contribution in [3.8, 4) is 0 Å². The van der Waals surface area contributed by atoms with Gasteiger partial charge in [-0.15, -0.1) is 0 Å². The first-order valence-electron chi connectivity index (χ1n) is 6.72. The Morgan fingerprint density at radius 2 is 1.58 bits per heavy atom. The summed E-state index contributed by atoms with van der Waals surface area (Å²) < 4.78 is 0. The lowest BCUT2D eigenvalue weighted by molar-refractivity contribution is -0.133. The van der Waals surface area contributed by atoms with Crippen LogP contribution < -0.4 is 0 Å². The second-order valence-electron chi connectivity index (χ2n) is 5.69. The summed E-state index contributed by atoms with van der Waals surface area (Å²) in [5.74, 6) is 0.143. The standard InChI is InChI=1S/C16H26N2O/c1-11-8-13(3)15(9-12(11)2)10-18(7)14(4)16(19)17(5)6/h8-9,14H,10H2,1-7H3/t14-/m1/s1. The molecule has 106 valence electrons. The van der Waals surface area contributed by atoms with Gasteiger partial charge in [-0.05, 0) is 57.0 Å². The molecule has 3 nitrogen and oxygen atoms in total. The van der Waals surface area contributed by atoms with Gasteiger partial charge in [0.25, 0.3) is 0 Å². The van der Waals surface area contributed by atoms with Gasteiger partial charge < -0.3 is 4.90 Å². The van der Waals surface area contributed by atoms with Crippen molar-refractivity contribution in [3.05, 3.63) is 34.4 Å². The van der Waals surface area contributed by atoms with Crippen LogP contribution in [0.15, 0.2) is 12.1 Å². The highest BCUT2D eigenvalue weighted by atomic mass is 16.2. The van der Waals surface area contributed by atoms with Gasteiger partial charge in [-0.25, -0.2) is 0 Å². The second kappa shape index (κ2) is 6.20. The normalized spacial score (nSPS) is 12.6. The lowest BCUT2D eigenvalue weighted by atomic mass is 10.0. The maximum atomic E-state index is 12.0. The smallest absolute Gasteiger partial charge is 0.239 e. The maximum Gasteiger partial charge on any atom is 0.239 e. The molecule has 0 unspecified atom stereocenters. The van der Waals surface area contributed by atoms with E-state index < -0.39 is 0 Å². The van der Waals surface area contributed by atoms with Gasteiger partial charge >= 0.3 is 0 Å². The Labute approximate surface area is 117 Å². The quantitative estimate of drug-likeness (QED) is 0.832. The molecule has 1 atom stereocenters. The molecule has 0 heterocycles. The minimum atomic E-state index is -0.101. The lowest BCUT2D eigenvalue weighted by Gasteiger charge is -2.27. The summed E-state index contributed by atoms with van der Waals surface area (Å²) in [5, 5.41) is 0. The second-order valence-corrected chi connectivity index (χ2v) is 5.69. The summed E-state index contributed by atoms with van der Waals surface area (Å²) in [6, 6.07) is 4.35. The average molecular weight is 262 g/mol. The Bertz CT molecular complexity index is 466. The molecular weight excluding hydrogens is 236 g/mol. The van der Waals surface area contributed by atoms with Crippen LogP contribution in [0.5, 0.6) is 0 Å². The van der Waals surface area contributed by atoms with Gasteiger partial charge in [0.15, 0.2) is 0 Å². The molecule has 0 bridgehead atoms. The SMILES string of the molecule is Cc1cc(C)c(CN(C)[C@H](C)C(=O)N(C)C)cc1C. The summed E-state index contributed by atoms with van der Waals surface area (Å²) in [5.41, 5.74) is 5.21. The molecule has 0 saturated heterocycles. The molecule has 19 heavy (non-hydrogen) atoms. The molecule has 0 spiro atoms. The van der Waals surface area contributed by atoms with E-state index in [0.29, 0.717) is 0 Å². The van der Waals surface area contributed by atoms with Gasteiger partial charge in [-0.2, -0.15) is 0 Å². The van der Waals surface area contributed by atoms with Crippen molar-refractivity contribution in [1.29, 1.82) is 0 Å². The number of amides is 1. The highest BCUT2D eigenvalue weighted by molar-refractivity contribution is 5.80. The molecular formula is C16H26N2O. The first kappa shape index (κ1) is 15.7. The topological polar surface area (TPSA) is 23.6 Å². The lowest BCUT2D eigenvalue weighted by Crippen LogP contribution is -2.42. The van der Waals surface area contributed by atoms with Gasteiger partial charge in [0.1, 0.15) is 0 Å². The van der Waals surface area contributed by atoms with Crippen LogP contribution in [0.1, 0.15) is 29.2 Å². The first-order chi connectivity index (χ1) is 8.73. The Morgan fingerprint density at radius 1 is 1.05 bits per heavy atom. The van der Waals surface area contributed by atoms with Crippen LogP contribution in [-0.4, -0.2) is 42.9 Å². The predicted molar refractivity (Wildman–Crippen MR) is 80.3 cm³/mol. The highest BCUT2D eigenvalue weighted by Crippen LogP contribution is 2.17. The van der Waals surface area contributed by atoms with Crippen molar-refractivity contribution in [3.63, 3.8) is 0 Å². The van der Waals surface area contributed by atoms with Crippen LogP contribution in [0.25, 0.3) is 0 Å². The number of hydrogen-bond donors (Lipinski definition) is 0. The van der Waals surface area contributed by atoms with Crippen LogP contribution >= 0.6 is 0 Å². The van der Waals surface area contributed by atoms with E-state index in [1.165, 1.54) is 22.3 Å². The van der Waals surface area contributed by atoms with E-state index in [1.54, 1.807) is 19.0 Å². The zero-order valence-corrected chi connectivity index (χ0v) is 13.2. The monoisotopic (exact) mass is 262 g/mol. The third-order valence-corrected chi connectivity index (χ3v) is 3.83. The van der Waals surface area contributed by atoms with Gasteiger partial charge in [0.2, 0.25) is 5.91 Å². The minimum Gasteiger partial charge on any atom is -0.347 e. The number of aryl methyl sites for hydroxylation is 3. The molecule has 0 radical (unpaired) electrons. The first-order valence-corrected chi connectivity index (χ1v) is 6.72. The number of rotatable bonds is 4. The van der Waals surface area contributed by atoms with Crippen LogP contribution in [-0.2, 0) is 11.3 Å². The maximum absolute atomic E-state index is 12.0. The van der Waals surface area contributed by atoms with Crippen LogP contribution in [0.2, 0.25) is 0 Å². The molecule has 0 aliphatic heterocycles. The molecule has 1 rings (SSSR count). The van der Waals surface area contributed by atoms with Crippen molar-refractivity contribution in [2.24, 2.45) is 0 Å². The van der Waals surface area contributed by atoms with Crippen molar-refractivity contribution < 1.29 is 4.79 Å². The van der Waals surface area contributed by atoms with Crippen LogP contribution in [0, 0.1) is 20.8 Å². The number of likely N-dealkylation sites (N-methyl/N-ethyl adjacent to an activating group) is 2. The van der Waals surface area contributed by atoms with Crippen molar-refractivity contribution >= 4 is 5.91 Å². The molecule has 0 fully saturated rings. The van der Waals surface area contributed by atoms with E-state index in [2.05, 4.69) is 37.8 Å². The Kier molecular flexibility index (Phi) is 5.12.